The van der Waals surface area contributed by atoms with E-state index in [9.17, 15) is 0 Å². The molecule has 6 rings (SSSR count). The lowest BCUT2D eigenvalue weighted by Gasteiger charge is -2.31. The third kappa shape index (κ3) is 2.40. The molecule has 1 fully saturated rings. The molecule has 0 bridgehead atoms. The van der Waals surface area contributed by atoms with Gasteiger partial charge in [-0.25, -0.2) is 0 Å². The zero-order valence-corrected chi connectivity index (χ0v) is 14.7. The van der Waals surface area contributed by atoms with Crippen molar-refractivity contribution in [2.24, 2.45) is 0 Å². The lowest BCUT2D eigenvalue weighted by molar-refractivity contribution is 0.170. The number of aromatic nitrogens is 1. The first-order valence-corrected chi connectivity index (χ1v) is 9.19. The molecular formula is C21H18N2O4. The molecule has 0 atom stereocenters. The molecule has 3 aromatic rings. The van der Waals surface area contributed by atoms with Crippen LogP contribution in [0.5, 0.6) is 23.0 Å². The lowest BCUT2D eigenvalue weighted by atomic mass is 9.99. The van der Waals surface area contributed by atoms with Gasteiger partial charge in [-0.2, -0.15) is 0 Å². The molecular weight excluding hydrogens is 344 g/mol. The van der Waals surface area contributed by atoms with Crippen molar-refractivity contribution in [3.63, 3.8) is 0 Å². The standard InChI is InChI=1S/C21H18N2O4/c1-4-23(5-1)10-14-7-19-20(26-11-25-19)8-15(14)17-6-13-2-3-18-21(27-12-24-18)16(13)9-22-17/h2-3,6-9H,1,4-5,10-12H2. The summed E-state index contributed by atoms with van der Waals surface area (Å²) >= 11 is 0. The summed E-state index contributed by atoms with van der Waals surface area (Å²) < 4.78 is 22.3. The molecule has 0 spiro atoms. The van der Waals surface area contributed by atoms with Crippen LogP contribution in [0.25, 0.3) is 22.0 Å². The Bertz CT molecular complexity index is 1060. The average Bonchev–Trinajstić information content (AvgIpc) is 3.32. The molecule has 0 unspecified atom stereocenters. The van der Waals surface area contributed by atoms with Crippen molar-refractivity contribution < 1.29 is 18.9 Å². The fourth-order valence-corrected chi connectivity index (χ4v) is 3.87. The van der Waals surface area contributed by atoms with Crippen LogP contribution in [0.3, 0.4) is 0 Å². The third-order valence-corrected chi connectivity index (χ3v) is 5.45. The van der Waals surface area contributed by atoms with E-state index < -0.39 is 0 Å². The first kappa shape index (κ1) is 15.1. The summed E-state index contributed by atoms with van der Waals surface area (Å²) in [5, 5.41) is 2.05. The summed E-state index contributed by atoms with van der Waals surface area (Å²) in [6, 6.07) is 10.3. The van der Waals surface area contributed by atoms with Crippen LogP contribution in [0.4, 0.5) is 0 Å². The van der Waals surface area contributed by atoms with E-state index in [1.165, 1.54) is 12.0 Å². The van der Waals surface area contributed by atoms with Crippen LogP contribution in [-0.4, -0.2) is 36.6 Å². The van der Waals surface area contributed by atoms with Crippen LogP contribution in [0.15, 0.2) is 36.5 Å². The Balaban J connectivity index is 1.48. The molecule has 1 aromatic heterocycles. The van der Waals surface area contributed by atoms with Crippen LogP contribution in [0, 0.1) is 0 Å². The van der Waals surface area contributed by atoms with Crippen LogP contribution < -0.4 is 18.9 Å². The van der Waals surface area contributed by atoms with Crippen LogP contribution in [0.2, 0.25) is 0 Å². The molecule has 27 heavy (non-hydrogen) atoms. The summed E-state index contributed by atoms with van der Waals surface area (Å²) in [5.74, 6) is 3.15. The number of hydrogen-bond donors (Lipinski definition) is 0. The Morgan fingerprint density at radius 3 is 2.56 bits per heavy atom. The summed E-state index contributed by atoms with van der Waals surface area (Å²) in [6.45, 7) is 3.72. The van der Waals surface area contributed by atoms with Crippen molar-refractivity contribution in [1.29, 1.82) is 0 Å². The predicted molar refractivity (Wildman–Crippen MR) is 99.3 cm³/mol. The van der Waals surface area contributed by atoms with Gasteiger partial charge in [0.25, 0.3) is 0 Å². The molecule has 0 saturated carbocycles. The number of nitrogens with zero attached hydrogens (tertiary/aromatic N) is 2. The Morgan fingerprint density at radius 2 is 1.70 bits per heavy atom. The molecule has 2 aromatic carbocycles. The normalized spacial score (nSPS) is 17.3. The van der Waals surface area contributed by atoms with E-state index in [1.54, 1.807) is 0 Å². The number of fused-ring (bicyclic) bond motifs is 4. The van der Waals surface area contributed by atoms with Gasteiger partial charge in [-0.05, 0) is 54.7 Å². The van der Waals surface area contributed by atoms with Gasteiger partial charge in [-0.1, -0.05) is 6.07 Å². The Hall–Kier alpha value is -2.99. The minimum Gasteiger partial charge on any atom is -0.454 e. The summed E-state index contributed by atoms with van der Waals surface area (Å²) in [7, 11) is 0. The summed E-state index contributed by atoms with van der Waals surface area (Å²) in [5.41, 5.74) is 3.23. The maximum atomic E-state index is 5.61. The Kier molecular flexibility index (Phi) is 3.22. The number of hydrogen-bond acceptors (Lipinski definition) is 6. The molecule has 1 saturated heterocycles. The topological polar surface area (TPSA) is 53.1 Å². The fourth-order valence-electron chi connectivity index (χ4n) is 3.87. The van der Waals surface area contributed by atoms with Gasteiger partial charge in [-0.15, -0.1) is 0 Å². The number of ether oxygens (including phenoxy) is 4. The quantitative estimate of drug-likeness (QED) is 0.710. The van der Waals surface area contributed by atoms with Crippen LogP contribution in [-0.2, 0) is 6.54 Å². The SMILES string of the molecule is c1c(CN2CCC2)c(-c2cc3ccc4c(c3cn2)OCO4)cc2c1OCO2. The maximum Gasteiger partial charge on any atom is 0.231 e. The van der Waals surface area contributed by atoms with Gasteiger partial charge in [0.05, 0.1) is 5.69 Å². The molecule has 6 heteroatoms. The van der Waals surface area contributed by atoms with Crippen LogP contribution in [0.1, 0.15) is 12.0 Å². The molecule has 0 aliphatic carbocycles. The van der Waals surface area contributed by atoms with Gasteiger partial charge < -0.3 is 18.9 Å². The molecule has 0 radical (unpaired) electrons. The zero-order chi connectivity index (χ0) is 17.8. The van der Waals surface area contributed by atoms with E-state index in [0.717, 1.165) is 64.7 Å². The van der Waals surface area contributed by atoms with Crippen molar-refractivity contribution in [3.8, 4) is 34.3 Å². The minimum absolute atomic E-state index is 0.262. The highest BCUT2D eigenvalue weighted by molar-refractivity contribution is 5.93. The Morgan fingerprint density at radius 1 is 0.889 bits per heavy atom. The highest BCUT2D eigenvalue weighted by Crippen LogP contribution is 2.42. The number of benzene rings is 2. The molecule has 0 N–H and O–H groups in total. The highest BCUT2D eigenvalue weighted by atomic mass is 16.7. The average molecular weight is 362 g/mol. The van der Waals surface area contributed by atoms with E-state index in [2.05, 4.69) is 29.2 Å². The van der Waals surface area contributed by atoms with Gasteiger partial charge in [0.1, 0.15) is 0 Å². The second-order valence-corrected chi connectivity index (χ2v) is 7.08. The first-order chi connectivity index (χ1) is 13.3. The van der Waals surface area contributed by atoms with E-state index >= 15 is 0 Å². The van der Waals surface area contributed by atoms with E-state index in [0.29, 0.717) is 0 Å². The Labute approximate surface area is 156 Å². The van der Waals surface area contributed by atoms with Gasteiger partial charge in [0.2, 0.25) is 13.6 Å². The van der Waals surface area contributed by atoms with Gasteiger partial charge in [-0.3, -0.25) is 9.88 Å². The van der Waals surface area contributed by atoms with E-state index in [1.807, 2.05) is 12.3 Å². The largest absolute Gasteiger partial charge is 0.454 e. The molecule has 6 nitrogen and oxygen atoms in total. The second-order valence-electron chi connectivity index (χ2n) is 7.08. The smallest absolute Gasteiger partial charge is 0.231 e. The van der Waals surface area contributed by atoms with Gasteiger partial charge in [0, 0.05) is 23.7 Å². The molecule has 3 aliphatic heterocycles. The summed E-state index contributed by atoms with van der Waals surface area (Å²) in [4.78, 5) is 7.17. The number of likely N-dealkylation sites (tertiary alicyclic amines) is 1. The van der Waals surface area contributed by atoms with E-state index in [4.69, 9.17) is 23.9 Å². The molecule has 4 heterocycles. The van der Waals surface area contributed by atoms with Crippen molar-refractivity contribution in [1.82, 2.24) is 9.88 Å². The van der Waals surface area contributed by atoms with Gasteiger partial charge in [0.15, 0.2) is 23.0 Å². The van der Waals surface area contributed by atoms with Crippen molar-refractivity contribution in [2.45, 2.75) is 13.0 Å². The second kappa shape index (κ2) is 5.76. The zero-order valence-electron chi connectivity index (χ0n) is 14.7. The molecule has 0 amide bonds. The predicted octanol–water partition coefficient (Wildman–Crippen LogP) is 3.56. The van der Waals surface area contributed by atoms with Crippen molar-refractivity contribution in [3.05, 3.63) is 42.1 Å². The van der Waals surface area contributed by atoms with Crippen LogP contribution >= 0.6 is 0 Å². The third-order valence-electron chi connectivity index (χ3n) is 5.45. The van der Waals surface area contributed by atoms with Crippen molar-refractivity contribution >= 4 is 10.8 Å². The monoisotopic (exact) mass is 362 g/mol. The summed E-state index contributed by atoms with van der Waals surface area (Å²) in [6.07, 6.45) is 3.14. The maximum absolute atomic E-state index is 5.61. The number of rotatable bonds is 3. The van der Waals surface area contributed by atoms with Crippen molar-refractivity contribution in [2.75, 3.05) is 26.7 Å². The van der Waals surface area contributed by atoms with Gasteiger partial charge >= 0.3 is 0 Å². The number of pyridine rings is 1. The highest BCUT2D eigenvalue weighted by Gasteiger charge is 2.23. The minimum atomic E-state index is 0.262. The fraction of sp³-hybridized carbons (Fsp3) is 0.286. The molecule has 3 aliphatic rings. The van der Waals surface area contributed by atoms with E-state index in [-0.39, 0.29) is 13.6 Å². The molecule has 136 valence electrons. The lowest BCUT2D eigenvalue weighted by Crippen LogP contribution is -2.36. The first-order valence-electron chi connectivity index (χ1n) is 9.19.